The molecule has 2 aromatic rings. The number of benzene rings is 1. The Kier molecular flexibility index (Phi) is 3.78. The van der Waals surface area contributed by atoms with Gasteiger partial charge in [-0.3, -0.25) is 0 Å². The lowest BCUT2D eigenvalue weighted by Gasteiger charge is -2.11. The van der Waals surface area contributed by atoms with Crippen LogP contribution in [0.5, 0.6) is 0 Å². The van der Waals surface area contributed by atoms with Gasteiger partial charge in [-0.1, -0.05) is 37.6 Å². The predicted octanol–water partition coefficient (Wildman–Crippen LogP) is 3.63. The van der Waals surface area contributed by atoms with Crippen molar-refractivity contribution in [2.24, 2.45) is 0 Å². The number of nitrogens with one attached hydrogen (secondary N) is 1. The minimum absolute atomic E-state index is 0.673. The normalized spacial score (nSPS) is 10.3. The third-order valence-electron chi connectivity index (χ3n) is 3.03. The topological polar surface area (TPSA) is 48.7 Å². The highest BCUT2D eigenvalue weighted by molar-refractivity contribution is 5.96. The molecule has 2 rings (SSSR count). The maximum absolute atomic E-state index is 9.21. The average molecular weight is 239 g/mol. The number of rotatable bonds is 4. The summed E-state index contributed by atoms with van der Waals surface area (Å²) in [5, 5.41) is 14.6. The summed E-state index contributed by atoms with van der Waals surface area (Å²) in [6, 6.07) is 10.2. The van der Waals surface area contributed by atoms with Gasteiger partial charge in [-0.2, -0.15) is 5.26 Å². The Hall–Kier alpha value is -2.08. The summed E-state index contributed by atoms with van der Waals surface area (Å²) in [7, 11) is 0. The second-order valence-corrected chi connectivity index (χ2v) is 4.36. The van der Waals surface area contributed by atoms with Gasteiger partial charge in [0, 0.05) is 17.3 Å². The summed E-state index contributed by atoms with van der Waals surface area (Å²) in [5.41, 5.74) is 1.46. The molecule has 0 spiro atoms. The minimum atomic E-state index is 0.673. The molecular formula is C15H17N3. The second kappa shape index (κ2) is 5.50. The molecule has 0 amide bonds. The van der Waals surface area contributed by atoms with Crippen molar-refractivity contribution in [1.82, 2.24) is 4.98 Å². The first kappa shape index (κ1) is 12.4. The molecule has 0 bridgehead atoms. The number of hydrogen-bond donors (Lipinski definition) is 1. The fraction of sp³-hybridized carbons (Fsp3) is 0.333. The molecule has 0 radical (unpaired) electrons. The second-order valence-electron chi connectivity index (χ2n) is 4.36. The van der Waals surface area contributed by atoms with Gasteiger partial charge in [0.15, 0.2) is 0 Å². The molecule has 0 atom stereocenters. The highest BCUT2D eigenvalue weighted by Crippen LogP contribution is 2.26. The monoisotopic (exact) mass is 239 g/mol. The highest BCUT2D eigenvalue weighted by Gasteiger charge is 2.09. The third-order valence-corrected chi connectivity index (χ3v) is 3.03. The molecule has 0 aliphatic rings. The van der Waals surface area contributed by atoms with Crippen LogP contribution in [0.25, 0.3) is 10.8 Å². The van der Waals surface area contributed by atoms with Gasteiger partial charge in [0.05, 0.1) is 11.3 Å². The summed E-state index contributed by atoms with van der Waals surface area (Å²) in [6.45, 7) is 4.96. The lowest BCUT2D eigenvalue weighted by Crippen LogP contribution is -2.05. The number of pyridine rings is 1. The van der Waals surface area contributed by atoms with Crippen molar-refractivity contribution >= 4 is 16.6 Å². The smallest absolute Gasteiger partial charge is 0.134 e. The van der Waals surface area contributed by atoms with Gasteiger partial charge in [-0.05, 0) is 13.3 Å². The Labute approximate surface area is 107 Å². The van der Waals surface area contributed by atoms with Crippen LogP contribution < -0.4 is 5.32 Å². The van der Waals surface area contributed by atoms with Gasteiger partial charge < -0.3 is 5.32 Å². The molecule has 3 heteroatoms. The first-order valence-electron chi connectivity index (χ1n) is 6.31. The number of aryl methyl sites for hydroxylation is 1. The molecule has 0 aliphatic carbocycles. The molecule has 3 nitrogen and oxygen atoms in total. The van der Waals surface area contributed by atoms with Crippen LogP contribution in [-0.4, -0.2) is 11.5 Å². The molecule has 1 aromatic carbocycles. The molecule has 0 aliphatic heterocycles. The van der Waals surface area contributed by atoms with Gasteiger partial charge in [0.2, 0.25) is 0 Å². The summed E-state index contributed by atoms with van der Waals surface area (Å²) >= 11 is 0. The predicted molar refractivity (Wildman–Crippen MR) is 74.6 cm³/mol. The van der Waals surface area contributed by atoms with Crippen LogP contribution in [0.2, 0.25) is 0 Å². The molecule has 92 valence electrons. The van der Waals surface area contributed by atoms with Crippen LogP contribution in [0.1, 0.15) is 31.0 Å². The number of nitriles is 1. The van der Waals surface area contributed by atoms with Crippen molar-refractivity contribution in [1.29, 1.82) is 5.26 Å². The van der Waals surface area contributed by atoms with E-state index in [1.807, 2.05) is 31.2 Å². The lowest BCUT2D eigenvalue weighted by molar-refractivity contribution is 0.831. The summed E-state index contributed by atoms with van der Waals surface area (Å²) in [5.74, 6) is 0.885. The first-order chi connectivity index (χ1) is 8.77. The molecule has 0 unspecified atom stereocenters. The van der Waals surface area contributed by atoms with E-state index in [1.165, 1.54) is 0 Å². The molecule has 1 heterocycles. The zero-order valence-corrected chi connectivity index (χ0v) is 10.8. The van der Waals surface area contributed by atoms with Crippen molar-refractivity contribution in [2.45, 2.75) is 26.7 Å². The van der Waals surface area contributed by atoms with E-state index in [2.05, 4.69) is 23.3 Å². The van der Waals surface area contributed by atoms with Crippen LogP contribution in [0.4, 0.5) is 5.82 Å². The standard InChI is InChI=1S/C15H17N3/c1-3-4-9-17-15-13-8-6-5-7-12(13)14(10-16)11(2)18-15/h5-8H,3-4,9H2,1-2H3,(H,17,18). The Morgan fingerprint density at radius 2 is 2.00 bits per heavy atom. The van der Waals surface area contributed by atoms with Crippen LogP contribution in [0.3, 0.4) is 0 Å². The van der Waals surface area contributed by atoms with Gasteiger partial charge in [0.25, 0.3) is 0 Å². The number of anilines is 1. The van der Waals surface area contributed by atoms with Crippen LogP contribution in [-0.2, 0) is 0 Å². The first-order valence-corrected chi connectivity index (χ1v) is 6.31. The highest BCUT2D eigenvalue weighted by atomic mass is 15.0. The maximum atomic E-state index is 9.21. The number of aromatic nitrogens is 1. The number of fused-ring (bicyclic) bond motifs is 1. The Balaban J connectivity index is 2.51. The van der Waals surface area contributed by atoms with E-state index in [9.17, 15) is 5.26 Å². The third kappa shape index (κ3) is 2.28. The number of hydrogen-bond acceptors (Lipinski definition) is 3. The van der Waals surface area contributed by atoms with E-state index in [0.29, 0.717) is 5.56 Å². The van der Waals surface area contributed by atoms with Gasteiger partial charge in [-0.15, -0.1) is 0 Å². The van der Waals surface area contributed by atoms with Crippen LogP contribution in [0, 0.1) is 18.3 Å². The largest absolute Gasteiger partial charge is 0.370 e. The summed E-state index contributed by atoms with van der Waals surface area (Å²) in [6.07, 6.45) is 2.27. The maximum Gasteiger partial charge on any atom is 0.134 e. The van der Waals surface area contributed by atoms with Crippen molar-refractivity contribution in [3.05, 3.63) is 35.5 Å². The number of nitrogens with zero attached hydrogens (tertiary/aromatic N) is 2. The fourth-order valence-electron chi connectivity index (χ4n) is 2.05. The Morgan fingerprint density at radius 3 is 2.67 bits per heavy atom. The molecule has 1 N–H and O–H groups in total. The molecular weight excluding hydrogens is 222 g/mol. The molecule has 1 aromatic heterocycles. The minimum Gasteiger partial charge on any atom is -0.370 e. The average Bonchev–Trinajstić information content (AvgIpc) is 2.39. The summed E-state index contributed by atoms with van der Waals surface area (Å²) < 4.78 is 0. The van der Waals surface area contributed by atoms with E-state index >= 15 is 0 Å². The Bertz CT molecular complexity index is 596. The molecule has 0 saturated carbocycles. The lowest BCUT2D eigenvalue weighted by atomic mass is 10.0. The van der Waals surface area contributed by atoms with E-state index in [-0.39, 0.29) is 0 Å². The molecule has 0 saturated heterocycles. The summed E-state index contributed by atoms with van der Waals surface area (Å²) in [4.78, 5) is 4.51. The van der Waals surface area contributed by atoms with Crippen molar-refractivity contribution in [2.75, 3.05) is 11.9 Å². The fourth-order valence-corrected chi connectivity index (χ4v) is 2.05. The van der Waals surface area contributed by atoms with Crippen molar-refractivity contribution in [3.8, 4) is 6.07 Å². The van der Waals surface area contributed by atoms with Crippen molar-refractivity contribution < 1.29 is 0 Å². The molecule has 0 fully saturated rings. The zero-order valence-electron chi connectivity index (χ0n) is 10.8. The Morgan fingerprint density at radius 1 is 1.28 bits per heavy atom. The van der Waals surface area contributed by atoms with E-state index < -0.39 is 0 Å². The van der Waals surface area contributed by atoms with E-state index in [1.54, 1.807) is 0 Å². The van der Waals surface area contributed by atoms with Gasteiger partial charge in [0.1, 0.15) is 11.9 Å². The van der Waals surface area contributed by atoms with E-state index in [4.69, 9.17) is 0 Å². The quantitative estimate of drug-likeness (QED) is 0.829. The van der Waals surface area contributed by atoms with E-state index in [0.717, 1.165) is 41.7 Å². The molecule has 18 heavy (non-hydrogen) atoms. The number of unbranched alkanes of at least 4 members (excludes halogenated alkanes) is 1. The SMILES string of the molecule is CCCCNc1nc(C)c(C#N)c2ccccc12. The van der Waals surface area contributed by atoms with Crippen molar-refractivity contribution in [3.63, 3.8) is 0 Å². The van der Waals surface area contributed by atoms with Crippen LogP contribution in [0.15, 0.2) is 24.3 Å². The van der Waals surface area contributed by atoms with Gasteiger partial charge >= 0.3 is 0 Å². The van der Waals surface area contributed by atoms with Gasteiger partial charge in [-0.25, -0.2) is 4.98 Å². The zero-order chi connectivity index (χ0) is 13.0. The van der Waals surface area contributed by atoms with Crippen LogP contribution >= 0.6 is 0 Å².